The summed E-state index contributed by atoms with van der Waals surface area (Å²) < 4.78 is 0. The van der Waals surface area contributed by atoms with Gasteiger partial charge in [-0.1, -0.05) is 52.9 Å². The van der Waals surface area contributed by atoms with Crippen molar-refractivity contribution in [2.75, 3.05) is 0 Å². The Morgan fingerprint density at radius 3 is 2.94 bits per heavy atom. The third kappa shape index (κ3) is 3.23. The summed E-state index contributed by atoms with van der Waals surface area (Å²) in [6.07, 6.45) is 15.4. The van der Waals surface area contributed by atoms with E-state index in [1.807, 2.05) is 6.08 Å². The summed E-state index contributed by atoms with van der Waals surface area (Å²) in [6, 6.07) is 0. The zero-order valence-corrected chi connectivity index (χ0v) is 11.5. The molecule has 0 radical (unpaired) electrons. The van der Waals surface area contributed by atoms with Crippen LogP contribution in [0.2, 0.25) is 0 Å². The van der Waals surface area contributed by atoms with Crippen LogP contribution in [0.5, 0.6) is 0 Å². The highest BCUT2D eigenvalue weighted by molar-refractivity contribution is 9.09. The maximum absolute atomic E-state index is 3.78. The monoisotopic (exact) mass is 278 g/mol. The second-order valence-corrected chi connectivity index (χ2v) is 5.96. The molecule has 2 rings (SSSR count). The summed E-state index contributed by atoms with van der Waals surface area (Å²) in [6.45, 7) is 2.12. The van der Waals surface area contributed by atoms with Crippen LogP contribution in [0.15, 0.2) is 41.2 Å². The molecule has 0 heterocycles. The first-order valence-corrected chi connectivity index (χ1v) is 7.13. The summed E-state index contributed by atoms with van der Waals surface area (Å²) in [7, 11) is 0. The molecular weight excluding hydrogens is 260 g/mol. The number of halogens is 1. The van der Waals surface area contributed by atoms with Gasteiger partial charge in [0.15, 0.2) is 0 Å². The molecule has 0 aromatic rings. The maximum atomic E-state index is 3.78. The van der Waals surface area contributed by atoms with Crippen molar-refractivity contribution in [3.63, 3.8) is 0 Å². The topological polar surface area (TPSA) is 0 Å². The summed E-state index contributed by atoms with van der Waals surface area (Å²) in [5.41, 5.74) is 5.93. The zero-order valence-electron chi connectivity index (χ0n) is 9.88. The fourth-order valence-electron chi connectivity index (χ4n) is 2.11. The maximum Gasteiger partial charge on any atom is 0.0468 e. The number of hydrogen-bond donors (Lipinski definition) is 0. The second kappa shape index (κ2) is 5.70. The molecule has 1 saturated carbocycles. The lowest BCUT2D eigenvalue weighted by Gasteiger charge is -2.26. The molecule has 0 saturated heterocycles. The van der Waals surface area contributed by atoms with Gasteiger partial charge in [-0.25, -0.2) is 0 Å². The molecule has 0 N–H and O–H groups in total. The number of allylic oxidation sites excluding steroid dienone is 5. The normalized spacial score (nSPS) is 22.1. The quantitative estimate of drug-likeness (QED) is 0.505. The minimum Gasteiger partial charge on any atom is -0.116 e. The van der Waals surface area contributed by atoms with Crippen LogP contribution < -0.4 is 0 Å². The summed E-state index contributed by atoms with van der Waals surface area (Å²) in [4.78, 5) is 0.472. The van der Waals surface area contributed by atoms with E-state index in [4.69, 9.17) is 0 Å². The van der Waals surface area contributed by atoms with Crippen molar-refractivity contribution in [3.05, 3.63) is 41.2 Å². The molecule has 1 atom stereocenters. The molecule has 0 aromatic heterocycles. The average molecular weight is 279 g/mol. The predicted octanol–water partition coefficient (Wildman–Crippen LogP) is 4.93. The predicted molar refractivity (Wildman–Crippen MR) is 73.8 cm³/mol. The van der Waals surface area contributed by atoms with Gasteiger partial charge >= 0.3 is 0 Å². The summed E-state index contributed by atoms with van der Waals surface area (Å²) in [5.74, 6) is 0.999. The first kappa shape index (κ1) is 12.0. The highest BCUT2D eigenvalue weighted by Gasteiger charge is 2.19. The van der Waals surface area contributed by atoms with Crippen LogP contribution in [0, 0.1) is 5.92 Å². The third-order valence-corrected chi connectivity index (χ3v) is 4.46. The first-order chi connectivity index (χ1) is 7.75. The molecular formula is C15H19Br. The van der Waals surface area contributed by atoms with Crippen LogP contribution in [0.4, 0.5) is 0 Å². The van der Waals surface area contributed by atoms with E-state index < -0.39 is 0 Å². The van der Waals surface area contributed by atoms with Gasteiger partial charge in [-0.05, 0) is 37.8 Å². The van der Waals surface area contributed by atoms with Crippen molar-refractivity contribution >= 4 is 15.9 Å². The Balaban J connectivity index is 1.87. The lowest BCUT2D eigenvalue weighted by atomic mass is 9.81. The van der Waals surface area contributed by atoms with E-state index in [2.05, 4.69) is 46.8 Å². The average Bonchev–Trinajstić information content (AvgIpc) is 2.40. The fourth-order valence-corrected chi connectivity index (χ4v) is 2.66. The largest absolute Gasteiger partial charge is 0.116 e. The Morgan fingerprint density at radius 1 is 1.44 bits per heavy atom. The van der Waals surface area contributed by atoms with E-state index in [0.29, 0.717) is 4.83 Å². The SMILES string of the molecule is CC1=CC=C=C(C(Br)CCC2CCC2)C=C1. The lowest BCUT2D eigenvalue weighted by molar-refractivity contribution is 0.291. The first-order valence-electron chi connectivity index (χ1n) is 6.21. The van der Waals surface area contributed by atoms with Crippen LogP contribution in [-0.4, -0.2) is 4.83 Å². The van der Waals surface area contributed by atoms with E-state index in [1.54, 1.807) is 0 Å². The molecule has 0 nitrogen and oxygen atoms in total. The van der Waals surface area contributed by atoms with Crippen LogP contribution in [0.1, 0.15) is 39.0 Å². The van der Waals surface area contributed by atoms with Gasteiger partial charge in [-0.2, -0.15) is 0 Å². The molecule has 2 aliphatic rings. The van der Waals surface area contributed by atoms with Gasteiger partial charge in [0.2, 0.25) is 0 Å². The molecule has 1 unspecified atom stereocenters. The van der Waals surface area contributed by atoms with Gasteiger partial charge in [0.1, 0.15) is 0 Å². The van der Waals surface area contributed by atoms with E-state index in [-0.39, 0.29) is 0 Å². The molecule has 0 amide bonds. The standard InChI is InChI=1S/C15H19Br/c1-12-4-2-7-14(10-8-12)15(16)11-9-13-5-3-6-13/h2,4,8,10,13,15H,3,5-6,9,11H2,1H3. The van der Waals surface area contributed by atoms with Crippen LogP contribution in [-0.2, 0) is 0 Å². The molecule has 2 aliphatic carbocycles. The van der Waals surface area contributed by atoms with Gasteiger partial charge in [0.25, 0.3) is 0 Å². The molecule has 1 fully saturated rings. The van der Waals surface area contributed by atoms with Crippen molar-refractivity contribution in [3.8, 4) is 0 Å². The number of alkyl halides is 1. The molecule has 16 heavy (non-hydrogen) atoms. The molecule has 0 bridgehead atoms. The van der Waals surface area contributed by atoms with E-state index in [0.717, 1.165) is 5.92 Å². The Hall–Kier alpha value is -0.520. The van der Waals surface area contributed by atoms with Crippen LogP contribution in [0.25, 0.3) is 0 Å². The highest BCUT2D eigenvalue weighted by Crippen LogP contribution is 2.33. The van der Waals surface area contributed by atoms with E-state index in [1.165, 1.54) is 43.3 Å². The number of rotatable bonds is 4. The van der Waals surface area contributed by atoms with Gasteiger partial charge in [0, 0.05) is 10.4 Å². The Morgan fingerprint density at radius 2 is 2.25 bits per heavy atom. The van der Waals surface area contributed by atoms with Gasteiger partial charge < -0.3 is 0 Å². The van der Waals surface area contributed by atoms with E-state index in [9.17, 15) is 0 Å². The van der Waals surface area contributed by atoms with Crippen LogP contribution in [0.3, 0.4) is 0 Å². The molecule has 0 aliphatic heterocycles. The zero-order chi connectivity index (χ0) is 11.4. The minimum atomic E-state index is 0.472. The van der Waals surface area contributed by atoms with Crippen LogP contribution >= 0.6 is 15.9 Å². The van der Waals surface area contributed by atoms with Crippen molar-refractivity contribution in [1.29, 1.82) is 0 Å². The lowest BCUT2D eigenvalue weighted by Crippen LogP contribution is -2.13. The fraction of sp³-hybridized carbons (Fsp3) is 0.533. The third-order valence-electron chi connectivity index (χ3n) is 3.51. The number of hydrogen-bond acceptors (Lipinski definition) is 0. The molecule has 1 heteroatoms. The molecule has 0 spiro atoms. The minimum absolute atomic E-state index is 0.472. The molecule has 0 aromatic carbocycles. The van der Waals surface area contributed by atoms with Crippen molar-refractivity contribution in [2.45, 2.75) is 43.9 Å². The summed E-state index contributed by atoms with van der Waals surface area (Å²) in [5, 5.41) is 0. The Labute approximate surface area is 107 Å². The summed E-state index contributed by atoms with van der Waals surface area (Å²) >= 11 is 3.78. The van der Waals surface area contributed by atoms with Gasteiger partial charge in [-0.15, -0.1) is 5.73 Å². The van der Waals surface area contributed by atoms with E-state index >= 15 is 0 Å². The Kier molecular flexibility index (Phi) is 4.26. The smallest absolute Gasteiger partial charge is 0.0468 e. The van der Waals surface area contributed by atoms with Gasteiger partial charge in [-0.3, -0.25) is 0 Å². The second-order valence-electron chi connectivity index (χ2n) is 4.85. The van der Waals surface area contributed by atoms with Crippen molar-refractivity contribution in [1.82, 2.24) is 0 Å². The Bertz CT molecular complexity index is 363. The molecule has 86 valence electrons. The van der Waals surface area contributed by atoms with Gasteiger partial charge in [0.05, 0.1) is 0 Å². The highest BCUT2D eigenvalue weighted by atomic mass is 79.9. The van der Waals surface area contributed by atoms with Crippen molar-refractivity contribution < 1.29 is 0 Å². The van der Waals surface area contributed by atoms with Crippen molar-refractivity contribution in [2.24, 2.45) is 5.92 Å².